The van der Waals surface area contributed by atoms with Crippen LogP contribution in [0.3, 0.4) is 0 Å². The van der Waals surface area contributed by atoms with E-state index in [9.17, 15) is 27.6 Å². The number of aromatic nitrogens is 1. The molecule has 3 fully saturated rings. The summed E-state index contributed by atoms with van der Waals surface area (Å²) in [5.41, 5.74) is -1.15. The fourth-order valence-corrected chi connectivity index (χ4v) is 8.97. The van der Waals surface area contributed by atoms with E-state index in [1.807, 2.05) is 56.4 Å². The van der Waals surface area contributed by atoms with Crippen LogP contribution in [0.2, 0.25) is 0 Å². The molecule has 5 atom stereocenters. The number of hydrogen-bond donors (Lipinski definition) is 3. The second kappa shape index (κ2) is 14.9. The molecule has 4 heterocycles. The number of nitrogens with one attached hydrogen (secondary N) is 3. The molecule has 5 aliphatic rings. The molecule has 5 bridgehead atoms. The number of ether oxygens (including phenoxy) is 3. The Kier molecular flexibility index (Phi) is 10.4. The molecule has 2 saturated carbocycles. The van der Waals surface area contributed by atoms with E-state index in [0.717, 1.165) is 23.8 Å². The average molecular weight is 764 g/mol. The zero-order valence-electron chi connectivity index (χ0n) is 31.0. The summed E-state index contributed by atoms with van der Waals surface area (Å²) in [5.74, 6) is -1.33. The molecule has 7 rings (SSSR count). The van der Waals surface area contributed by atoms with Gasteiger partial charge in [-0.1, -0.05) is 51.0 Å². The van der Waals surface area contributed by atoms with E-state index in [4.69, 9.17) is 14.2 Å². The molecule has 0 unspecified atom stereocenters. The second-order valence-electron chi connectivity index (χ2n) is 16.0. The predicted octanol–water partition coefficient (Wildman–Crippen LogP) is 4.13. The van der Waals surface area contributed by atoms with Gasteiger partial charge in [0, 0.05) is 34.9 Å². The van der Waals surface area contributed by atoms with Gasteiger partial charge in [-0.15, -0.1) is 0 Å². The Bertz CT molecular complexity index is 1990. The molecule has 0 radical (unpaired) electrons. The van der Waals surface area contributed by atoms with Gasteiger partial charge in [-0.2, -0.15) is 0 Å². The fourth-order valence-electron chi connectivity index (χ4n) is 7.61. The van der Waals surface area contributed by atoms with E-state index in [1.165, 1.54) is 4.90 Å². The molecule has 15 heteroatoms. The Morgan fingerprint density at radius 2 is 1.91 bits per heavy atom. The van der Waals surface area contributed by atoms with Crippen molar-refractivity contribution in [3.05, 3.63) is 48.2 Å². The number of benzene rings is 1. The highest BCUT2D eigenvalue weighted by Crippen LogP contribution is 2.46. The van der Waals surface area contributed by atoms with Gasteiger partial charge in [0.15, 0.2) is 0 Å². The summed E-state index contributed by atoms with van der Waals surface area (Å²) in [5, 5.41) is 6.59. The summed E-state index contributed by atoms with van der Waals surface area (Å²) in [6, 6.07) is 3.58. The molecular weight excluding hydrogens is 715 g/mol. The van der Waals surface area contributed by atoms with Gasteiger partial charge in [0.25, 0.3) is 5.91 Å². The highest BCUT2D eigenvalue weighted by Gasteiger charge is 2.62. The summed E-state index contributed by atoms with van der Waals surface area (Å²) in [6.45, 7) is 4.04. The first-order valence-electron chi connectivity index (χ1n) is 18.9. The lowest BCUT2D eigenvalue weighted by Crippen LogP contribution is -2.58. The average Bonchev–Trinajstić information content (AvgIpc) is 4.06. The highest BCUT2D eigenvalue weighted by molar-refractivity contribution is 7.91. The lowest BCUT2D eigenvalue weighted by Gasteiger charge is -2.30. The number of cyclic esters (lactones) is 1. The fraction of sp³-hybridized carbons (Fsp3) is 0.564. The number of carbonyl (C=O) groups excluding carboxylic acids is 4. The zero-order chi connectivity index (χ0) is 38.3. The number of fused-ring (bicyclic) bond motifs is 4. The van der Waals surface area contributed by atoms with Crippen LogP contribution in [-0.2, 0) is 29.1 Å². The topological polar surface area (TPSA) is 182 Å². The lowest BCUT2D eigenvalue weighted by atomic mass is 9.90. The molecule has 0 spiro atoms. The smallest absolute Gasteiger partial charge is 0.407 e. The Morgan fingerprint density at radius 3 is 2.69 bits per heavy atom. The van der Waals surface area contributed by atoms with E-state index in [1.54, 1.807) is 13.3 Å². The molecule has 54 heavy (non-hydrogen) atoms. The summed E-state index contributed by atoms with van der Waals surface area (Å²) in [4.78, 5) is 61.9. The molecule has 1 aromatic carbocycles. The summed E-state index contributed by atoms with van der Waals surface area (Å²) in [6.07, 6.45) is 13.0. The maximum atomic E-state index is 14.5. The van der Waals surface area contributed by atoms with Crippen molar-refractivity contribution in [1.29, 1.82) is 0 Å². The quantitative estimate of drug-likeness (QED) is 0.383. The number of allylic oxidation sites excluding steroid dienone is 2. The normalized spacial score (nSPS) is 30.2. The van der Waals surface area contributed by atoms with Crippen molar-refractivity contribution in [2.24, 2.45) is 11.3 Å². The maximum Gasteiger partial charge on any atom is 0.407 e. The van der Waals surface area contributed by atoms with Crippen LogP contribution < -0.4 is 24.8 Å². The van der Waals surface area contributed by atoms with Crippen LogP contribution in [0, 0.1) is 11.3 Å². The van der Waals surface area contributed by atoms with E-state index in [2.05, 4.69) is 20.3 Å². The molecule has 1 saturated heterocycles. The first kappa shape index (κ1) is 37.6. The molecule has 2 aromatic rings. The number of rotatable bonds is 4. The summed E-state index contributed by atoms with van der Waals surface area (Å²) >= 11 is 0. The zero-order valence-corrected chi connectivity index (χ0v) is 31.8. The van der Waals surface area contributed by atoms with Crippen molar-refractivity contribution in [2.75, 3.05) is 20.3 Å². The van der Waals surface area contributed by atoms with Crippen molar-refractivity contribution in [3.63, 3.8) is 0 Å². The number of alkyl carbamates (subject to hydrolysis) is 1. The largest absolute Gasteiger partial charge is 0.496 e. The van der Waals surface area contributed by atoms with E-state index in [-0.39, 0.29) is 26.0 Å². The van der Waals surface area contributed by atoms with Crippen molar-refractivity contribution >= 4 is 50.7 Å². The van der Waals surface area contributed by atoms with Gasteiger partial charge < -0.3 is 29.7 Å². The molecular formula is C39H49N5O9S. The number of amides is 4. The third kappa shape index (κ3) is 8.06. The van der Waals surface area contributed by atoms with Gasteiger partial charge in [0.1, 0.15) is 29.5 Å². The summed E-state index contributed by atoms with van der Waals surface area (Å²) in [7, 11) is -2.29. The van der Waals surface area contributed by atoms with Crippen LogP contribution in [0.5, 0.6) is 11.6 Å². The number of sulfonamides is 1. The maximum absolute atomic E-state index is 14.5. The lowest BCUT2D eigenvalue weighted by molar-refractivity contribution is -0.141. The monoisotopic (exact) mass is 763 g/mol. The molecule has 3 aliphatic heterocycles. The SMILES string of the molecule is COc1cc2ccnc3c2cc1/C=C/CC(C)(C)COC(=O)N[C@H]1CCCCC/C=C\[C@H]2C[C@@]2(C(=O)NS(=O)(=O)C2CC2)NC(=O)[C@@H]2C[C@H](CN2C1=O)O3. The van der Waals surface area contributed by atoms with Crippen LogP contribution in [0.4, 0.5) is 4.79 Å². The van der Waals surface area contributed by atoms with Crippen molar-refractivity contribution < 1.29 is 41.8 Å². The van der Waals surface area contributed by atoms with Crippen molar-refractivity contribution in [2.45, 2.75) is 107 Å². The van der Waals surface area contributed by atoms with Crippen LogP contribution in [0.25, 0.3) is 16.8 Å². The number of methoxy groups -OCH3 is 1. The minimum atomic E-state index is -3.89. The standard InChI is InChI=1S/C39H49N5O9S/c1-38(2)16-9-10-25-18-29-24(19-32(25)51-3)15-17-40-34(29)53-27-20-31-33(45)42-39(36(47)43-54(49,50)28-13-14-28)21-26(39)11-7-5-4-6-8-12-30(35(46)44(31)22-27)41-37(48)52-23-38/h7,9-11,15,17-19,26-28,30-31H,4-6,8,12-14,16,20-23H2,1-3H3,(H,41,48)(H,42,45)(H,43,47)/b10-9+,11-7-/t26-,27+,30-,31-,39+/m0/s1. The molecule has 290 valence electrons. The highest BCUT2D eigenvalue weighted by atomic mass is 32.2. The number of carbonyl (C=O) groups is 4. The number of nitrogens with zero attached hydrogens (tertiary/aromatic N) is 2. The van der Waals surface area contributed by atoms with Gasteiger partial charge in [-0.3, -0.25) is 19.1 Å². The Hall–Kier alpha value is -4.66. The van der Waals surface area contributed by atoms with Crippen LogP contribution in [0.15, 0.2) is 42.6 Å². The Balaban J connectivity index is 1.25. The molecule has 2 aliphatic carbocycles. The van der Waals surface area contributed by atoms with Crippen LogP contribution >= 0.6 is 0 Å². The van der Waals surface area contributed by atoms with Gasteiger partial charge >= 0.3 is 6.09 Å². The van der Waals surface area contributed by atoms with Gasteiger partial charge in [-0.25, -0.2) is 18.2 Å². The second-order valence-corrected chi connectivity index (χ2v) is 17.9. The van der Waals surface area contributed by atoms with Crippen molar-refractivity contribution in [3.8, 4) is 11.6 Å². The van der Waals surface area contributed by atoms with E-state index in [0.29, 0.717) is 55.5 Å². The Morgan fingerprint density at radius 1 is 1.09 bits per heavy atom. The molecule has 4 amide bonds. The minimum absolute atomic E-state index is 0.00323. The minimum Gasteiger partial charge on any atom is -0.496 e. The number of pyridine rings is 1. The molecule has 3 N–H and O–H groups in total. The number of hydrogen-bond acceptors (Lipinski definition) is 10. The molecule has 1 aromatic heterocycles. The third-order valence-electron chi connectivity index (χ3n) is 11.1. The van der Waals surface area contributed by atoms with Gasteiger partial charge in [-0.05, 0) is 68.5 Å². The van der Waals surface area contributed by atoms with Gasteiger partial charge in [0.2, 0.25) is 27.7 Å². The van der Waals surface area contributed by atoms with Gasteiger partial charge in [0.05, 0.1) is 25.5 Å². The van der Waals surface area contributed by atoms with Crippen LogP contribution in [-0.4, -0.2) is 91.4 Å². The van der Waals surface area contributed by atoms with E-state index < -0.39 is 74.1 Å². The van der Waals surface area contributed by atoms with E-state index >= 15 is 0 Å². The van der Waals surface area contributed by atoms with Crippen LogP contribution in [0.1, 0.15) is 83.6 Å². The summed E-state index contributed by atoms with van der Waals surface area (Å²) < 4.78 is 45.8. The predicted molar refractivity (Wildman–Crippen MR) is 200 cm³/mol. The van der Waals surface area contributed by atoms with Crippen molar-refractivity contribution in [1.82, 2.24) is 25.2 Å². The molecule has 14 nitrogen and oxygen atoms in total. The first-order chi connectivity index (χ1) is 25.8. The Labute approximate surface area is 315 Å². The first-order valence-corrected chi connectivity index (χ1v) is 20.4. The third-order valence-corrected chi connectivity index (χ3v) is 12.9.